The molecule has 1 aromatic carbocycles. The van der Waals surface area contributed by atoms with Crippen molar-refractivity contribution in [2.75, 3.05) is 13.2 Å². The van der Waals surface area contributed by atoms with E-state index in [1.807, 2.05) is 47.5 Å². The third kappa shape index (κ3) is 2.95. The van der Waals surface area contributed by atoms with Crippen molar-refractivity contribution in [2.24, 2.45) is 12.0 Å². The topological polar surface area (TPSA) is 43.6 Å². The van der Waals surface area contributed by atoms with E-state index in [1.165, 1.54) is 11.3 Å². The van der Waals surface area contributed by atoms with E-state index >= 15 is 0 Å². The molecule has 0 atom stereocenters. The number of hydrogen-bond donors (Lipinski definition) is 0. The van der Waals surface area contributed by atoms with Crippen molar-refractivity contribution in [3.05, 3.63) is 50.7 Å². The fourth-order valence-corrected chi connectivity index (χ4v) is 3.74. The van der Waals surface area contributed by atoms with Gasteiger partial charge in [-0.15, -0.1) is 11.3 Å². The Labute approximate surface area is 141 Å². The lowest BCUT2D eigenvalue weighted by Crippen LogP contribution is -2.41. The van der Waals surface area contributed by atoms with E-state index in [4.69, 9.17) is 4.74 Å². The summed E-state index contributed by atoms with van der Waals surface area (Å²) in [4.78, 5) is 18.1. The highest BCUT2D eigenvalue weighted by Crippen LogP contribution is 2.36. The van der Waals surface area contributed by atoms with E-state index in [-0.39, 0.29) is 5.91 Å². The zero-order valence-corrected chi connectivity index (χ0v) is 14.7. The van der Waals surface area contributed by atoms with Gasteiger partial charge in [0.25, 0.3) is 5.91 Å². The summed E-state index contributed by atoms with van der Waals surface area (Å²) in [7, 11) is 1.90. The molecule has 6 heteroatoms. The number of benzene rings is 1. The molecule has 3 rings (SSSR count). The molecule has 1 fully saturated rings. The summed E-state index contributed by atoms with van der Waals surface area (Å²) >= 11 is 4.92. The zero-order chi connectivity index (χ0) is 15.6. The van der Waals surface area contributed by atoms with Gasteiger partial charge in [-0.1, -0.05) is 28.1 Å². The molecule has 0 N–H and O–H groups in total. The van der Waals surface area contributed by atoms with Gasteiger partial charge in [-0.2, -0.15) is 4.99 Å². The quantitative estimate of drug-likeness (QED) is 0.803. The van der Waals surface area contributed by atoms with Gasteiger partial charge in [0.05, 0.1) is 5.41 Å². The number of nitrogens with zero attached hydrogens (tertiary/aromatic N) is 2. The smallest absolute Gasteiger partial charge is 0.259 e. The molecule has 22 heavy (non-hydrogen) atoms. The molecular formula is C16H17BrN2O2S. The van der Waals surface area contributed by atoms with Crippen LogP contribution in [-0.4, -0.2) is 23.7 Å². The molecule has 0 spiro atoms. The maximum atomic E-state index is 13.0. The summed E-state index contributed by atoms with van der Waals surface area (Å²) in [5.74, 6) is -0.0730. The van der Waals surface area contributed by atoms with E-state index < -0.39 is 5.41 Å². The molecular weight excluding hydrogens is 364 g/mol. The van der Waals surface area contributed by atoms with Crippen LogP contribution in [0.2, 0.25) is 0 Å². The van der Waals surface area contributed by atoms with E-state index in [1.54, 1.807) is 0 Å². The molecule has 1 saturated heterocycles. The van der Waals surface area contributed by atoms with Crippen LogP contribution >= 0.6 is 27.3 Å². The average molecular weight is 381 g/mol. The molecule has 1 aliphatic heterocycles. The number of halogens is 1. The Balaban J connectivity index is 2.04. The van der Waals surface area contributed by atoms with Gasteiger partial charge in [-0.05, 0) is 30.5 Å². The van der Waals surface area contributed by atoms with Crippen LogP contribution < -0.4 is 4.80 Å². The Morgan fingerprint density at radius 2 is 2.00 bits per heavy atom. The summed E-state index contributed by atoms with van der Waals surface area (Å²) < 4.78 is 8.35. The van der Waals surface area contributed by atoms with Crippen molar-refractivity contribution >= 4 is 33.2 Å². The van der Waals surface area contributed by atoms with Crippen LogP contribution in [0.3, 0.4) is 0 Å². The number of aryl methyl sites for hydroxylation is 1. The number of thiazole rings is 1. The molecule has 1 aromatic heterocycles. The normalized spacial score (nSPS) is 18.4. The van der Waals surface area contributed by atoms with Gasteiger partial charge in [-0.3, -0.25) is 4.79 Å². The third-order valence-corrected chi connectivity index (χ3v) is 5.49. The van der Waals surface area contributed by atoms with Gasteiger partial charge in [0, 0.05) is 36.3 Å². The van der Waals surface area contributed by atoms with E-state index in [0.717, 1.165) is 14.8 Å². The Morgan fingerprint density at radius 3 is 2.59 bits per heavy atom. The van der Waals surface area contributed by atoms with Crippen molar-refractivity contribution in [1.82, 2.24) is 4.57 Å². The van der Waals surface area contributed by atoms with Gasteiger partial charge in [0.2, 0.25) is 0 Å². The van der Waals surface area contributed by atoms with E-state index in [9.17, 15) is 4.79 Å². The van der Waals surface area contributed by atoms with Crippen LogP contribution in [0, 0.1) is 0 Å². The number of ether oxygens (including phenoxy) is 1. The number of carbonyl (C=O) groups is 1. The van der Waals surface area contributed by atoms with Crippen LogP contribution in [0.1, 0.15) is 18.4 Å². The predicted molar refractivity (Wildman–Crippen MR) is 89.7 cm³/mol. The van der Waals surface area contributed by atoms with Crippen molar-refractivity contribution in [2.45, 2.75) is 18.3 Å². The minimum Gasteiger partial charge on any atom is -0.381 e. The number of rotatable bonds is 2. The second-order valence-corrected chi connectivity index (χ2v) is 7.20. The van der Waals surface area contributed by atoms with Crippen LogP contribution in [0.5, 0.6) is 0 Å². The summed E-state index contributed by atoms with van der Waals surface area (Å²) in [6.07, 6.45) is 3.26. The van der Waals surface area contributed by atoms with E-state index in [2.05, 4.69) is 20.9 Å². The summed E-state index contributed by atoms with van der Waals surface area (Å²) in [6, 6.07) is 7.98. The van der Waals surface area contributed by atoms with Crippen LogP contribution in [-0.2, 0) is 22.0 Å². The predicted octanol–water partition coefficient (Wildman–Crippen LogP) is 3.02. The largest absolute Gasteiger partial charge is 0.381 e. The Morgan fingerprint density at radius 1 is 1.32 bits per heavy atom. The summed E-state index contributed by atoms with van der Waals surface area (Å²) in [5.41, 5.74) is 0.447. The minimum absolute atomic E-state index is 0.0730. The first-order valence-corrected chi connectivity index (χ1v) is 8.82. The fraction of sp³-hybridized carbons (Fsp3) is 0.375. The third-order valence-electron chi connectivity index (χ3n) is 4.11. The monoisotopic (exact) mass is 380 g/mol. The first kappa shape index (κ1) is 15.6. The molecule has 0 unspecified atom stereocenters. The highest BCUT2D eigenvalue weighted by Gasteiger charge is 2.41. The summed E-state index contributed by atoms with van der Waals surface area (Å²) in [5, 5.41) is 1.93. The van der Waals surface area contributed by atoms with Crippen molar-refractivity contribution in [3.8, 4) is 0 Å². The van der Waals surface area contributed by atoms with Crippen molar-refractivity contribution < 1.29 is 9.53 Å². The standard InChI is InChI=1S/C16H17BrN2O2S/c1-19-8-11-22-15(19)18-14(20)16(6-9-21-10-7-16)12-2-4-13(17)5-3-12/h2-5,8,11H,6-7,9-10H2,1H3. The lowest BCUT2D eigenvalue weighted by molar-refractivity contribution is -0.127. The second kappa shape index (κ2) is 6.48. The second-order valence-electron chi connectivity index (χ2n) is 5.41. The molecule has 1 aliphatic rings. The Kier molecular flexibility index (Phi) is 4.61. The maximum Gasteiger partial charge on any atom is 0.259 e. The molecule has 2 aromatic rings. The number of amides is 1. The molecule has 1 amide bonds. The van der Waals surface area contributed by atoms with Gasteiger partial charge in [0.1, 0.15) is 0 Å². The Hall–Kier alpha value is -1.24. The molecule has 2 heterocycles. The maximum absolute atomic E-state index is 13.0. The SMILES string of the molecule is Cn1ccsc1=NC(=O)C1(c2ccc(Br)cc2)CCOCC1. The van der Waals surface area contributed by atoms with Gasteiger partial charge < -0.3 is 9.30 Å². The first-order chi connectivity index (χ1) is 10.6. The number of hydrogen-bond acceptors (Lipinski definition) is 3. The average Bonchev–Trinajstić information content (AvgIpc) is 2.94. The highest BCUT2D eigenvalue weighted by molar-refractivity contribution is 9.10. The van der Waals surface area contributed by atoms with Gasteiger partial charge >= 0.3 is 0 Å². The fourth-order valence-electron chi connectivity index (χ4n) is 2.74. The molecule has 116 valence electrons. The van der Waals surface area contributed by atoms with Crippen LogP contribution in [0.4, 0.5) is 0 Å². The van der Waals surface area contributed by atoms with Crippen molar-refractivity contribution in [3.63, 3.8) is 0 Å². The van der Waals surface area contributed by atoms with Crippen LogP contribution in [0.25, 0.3) is 0 Å². The zero-order valence-electron chi connectivity index (χ0n) is 12.3. The Bertz CT molecular complexity index is 727. The lowest BCUT2D eigenvalue weighted by atomic mass is 9.73. The van der Waals surface area contributed by atoms with Crippen LogP contribution in [0.15, 0.2) is 45.3 Å². The molecule has 0 radical (unpaired) electrons. The van der Waals surface area contributed by atoms with E-state index in [0.29, 0.717) is 26.1 Å². The van der Waals surface area contributed by atoms with Crippen molar-refractivity contribution in [1.29, 1.82) is 0 Å². The first-order valence-electron chi connectivity index (χ1n) is 7.15. The lowest BCUT2D eigenvalue weighted by Gasteiger charge is -2.34. The molecule has 4 nitrogen and oxygen atoms in total. The molecule has 0 saturated carbocycles. The molecule has 0 bridgehead atoms. The summed E-state index contributed by atoms with van der Waals surface area (Å²) in [6.45, 7) is 1.18. The van der Waals surface area contributed by atoms with Gasteiger partial charge in [-0.25, -0.2) is 0 Å². The van der Waals surface area contributed by atoms with Gasteiger partial charge in [0.15, 0.2) is 4.80 Å². The number of aromatic nitrogens is 1. The highest BCUT2D eigenvalue weighted by atomic mass is 79.9. The number of carbonyl (C=O) groups excluding carboxylic acids is 1. The minimum atomic E-state index is -0.573. The molecule has 0 aliphatic carbocycles.